The van der Waals surface area contributed by atoms with Gasteiger partial charge in [-0.2, -0.15) is 0 Å². The van der Waals surface area contributed by atoms with Crippen LogP contribution in [0.15, 0.2) is 56.4 Å². The molecule has 0 saturated carbocycles. The predicted octanol–water partition coefficient (Wildman–Crippen LogP) is 5.26. The summed E-state index contributed by atoms with van der Waals surface area (Å²) in [6.07, 6.45) is 0. The van der Waals surface area contributed by atoms with Gasteiger partial charge in [0, 0.05) is 14.0 Å². The Labute approximate surface area is 151 Å². The third kappa shape index (κ3) is 3.90. The van der Waals surface area contributed by atoms with Gasteiger partial charge in [0.2, 0.25) is 0 Å². The molecule has 2 aromatic carbocycles. The third-order valence-electron chi connectivity index (χ3n) is 3.28. The van der Waals surface area contributed by atoms with Gasteiger partial charge >= 0.3 is 0 Å². The molecule has 0 amide bonds. The van der Waals surface area contributed by atoms with Crippen molar-refractivity contribution in [2.24, 2.45) is 4.99 Å². The molecule has 0 radical (unpaired) electrons. The fourth-order valence-electron chi connectivity index (χ4n) is 2.24. The van der Waals surface area contributed by atoms with Crippen molar-refractivity contribution in [2.75, 3.05) is 13.2 Å². The summed E-state index contributed by atoms with van der Waals surface area (Å²) >= 11 is 13.0. The maximum Gasteiger partial charge on any atom is 0.129 e. The molecule has 0 bridgehead atoms. The van der Waals surface area contributed by atoms with Gasteiger partial charge in [-0.25, -0.2) is 4.99 Å². The highest BCUT2D eigenvalue weighted by Gasteiger charge is 2.19. The first-order valence-corrected chi connectivity index (χ1v) is 8.70. The van der Waals surface area contributed by atoms with Crippen LogP contribution in [-0.4, -0.2) is 19.0 Å². The van der Waals surface area contributed by atoms with Crippen molar-refractivity contribution in [2.45, 2.75) is 6.04 Å². The van der Waals surface area contributed by atoms with E-state index in [1.165, 1.54) is 0 Å². The first kappa shape index (κ1) is 16.0. The highest BCUT2D eigenvalue weighted by atomic mass is 79.9. The quantitative estimate of drug-likeness (QED) is 0.686. The van der Waals surface area contributed by atoms with Crippen LogP contribution in [0, 0.1) is 0 Å². The summed E-state index contributed by atoms with van der Waals surface area (Å²) < 4.78 is 7.60. The van der Waals surface area contributed by atoms with Crippen molar-refractivity contribution in [3.8, 4) is 0 Å². The molecule has 22 heavy (non-hydrogen) atoms. The van der Waals surface area contributed by atoms with Crippen LogP contribution in [0.3, 0.4) is 0 Å². The third-order valence-corrected chi connectivity index (χ3v) is 4.64. The predicted molar refractivity (Wildman–Crippen MR) is 97.1 cm³/mol. The van der Waals surface area contributed by atoms with Crippen molar-refractivity contribution in [1.29, 1.82) is 0 Å². The SMILES string of the molecule is Clc1cccc(C2COCC(=Nc3ccc(Br)cc3Br)N2)c1. The minimum absolute atomic E-state index is 0.0559. The van der Waals surface area contributed by atoms with Crippen molar-refractivity contribution in [3.63, 3.8) is 0 Å². The second kappa shape index (κ2) is 7.13. The lowest BCUT2D eigenvalue weighted by atomic mass is 10.1. The van der Waals surface area contributed by atoms with Crippen molar-refractivity contribution >= 4 is 55.0 Å². The Morgan fingerprint density at radius 1 is 1.18 bits per heavy atom. The van der Waals surface area contributed by atoms with E-state index in [-0.39, 0.29) is 6.04 Å². The van der Waals surface area contributed by atoms with Crippen molar-refractivity contribution in [1.82, 2.24) is 5.32 Å². The number of aliphatic imine (C=N–C) groups is 1. The second-order valence-corrected chi connectivity index (χ2v) is 7.13. The van der Waals surface area contributed by atoms with Gasteiger partial charge in [-0.3, -0.25) is 0 Å². The van der Waals surface area contributed by atoms with Crippen LogP contribution in [0.1, 0.15) is 11.6 Å². The Bertz CT molecular complexity index is 721. The van der Waals surface area contributed by atoms with E-state index in [0.717, 1.165) is 31.1 Å². The smallest absolute Gasteiger partial charge is 0.129 e. The minimum Gasteiger partial charge on any atom is -0.371 e. The lowest BCUT2D eigenvalue weighted by Crippen LogP contribution is -2.39. The highest BCUT2D eigenvalue weighted by molar-refractivity contribution is 9.11. The zero-order valence-corrected chi connectivity index (χ0v) is 15.5. The van der Waals surface area contributed by atoms with E-state index in [4.69, 9.17) is 16.3 Å². The number of amidine groups is 1. The van der Waals surface area contributed by atoms with Gasteiger partial charge < -0.3 is 10.1 Å². The summed E-state index contributed by atoms with van der Waals surface area (Å²) in [5.41, 5.74) is 1.95. The monoisotopic (exact) mass is 442 g/mol. The van der Waals surface area contributed by atoms with E-state index in [9.17, 15) is 0 Å². The van der Waals surface area contributed by atoms with E-state index < -0.39 is 0 Å². The highest BCUT2D eigenvalue weighted by Crippen LogP contribution is 2.29. The summed E-state index contributed by atoms with van der Waals surface area (Å²) in [5, 5.41) is 4.14. The molecular formula is C16H13Br2ClN2O. The molecule has 0 aliphatic carbocycles. The zero-order chi connectivity index (χ0) is 15.5. The van der Waals surface area contributed by atoms with Crippen LogP contribution in [0.25, 0.3) is 0 Å². The second-order valence-electron chi connectivity index (χ2n) is 4.92. The summed E-state index contributed by atoms with van der Waals surface area (Å²) in [7, 11) is 0. The lowest BCUT2D eigenvalue weighted by Gasteiger charge is -2.26. The number of hydrogen-bond acceptors (Lipinski definition) is 2. The van der Waals surface area contributed by atoms with Gasteiger partial charge in [-0.1, -0.05) is 39.7 Å². The zero-order valence-electron chi connectivity index (χ0n) is 11.5. The number of hydrogen-bond donors (Lipinski definition) is 1. The van der Waals surface area contributed by atoms with Crippen LogP contribution >= 0.6 is 43.5 Å². The molecule has 1 atom stereocenters. The van der Waals surface area contributed by atoms with Gasteiger partial charge in [0.15, 0.2) is 0 Å². The number of nitrogens with one attached hydrogen (secondary N) is 1. The Kier molecular flexibility index (Phi) is 5.18. The van der Waals surface area contributed by atoms with E-state index >= 15 is 0 Å². The molecule has 2 aromatic rings. The van der Waals surface area contributed by atoms with Gasteiger partial charge in [0.05, 0.1) is 18.3 Å². The topological polar surface area (TPSA) is 33.6 Å². The number of halogens is 3. The fourth-order valence-corrected chi connectivity index (χ4v) is 3.58. The average Bonchev–Trinajstić information content (AvgIpc) is 2.50. The number of morpholine rings is 1. The van der Waals surface area contributed by atoms with Gasteiger partial charge in [0.25, 0.3) is 0 Å². The summed E-state index contributed by atoms with van der Waals surface area (Å²) in [5.74, 6) is 0.805. The molecule has 1 aliphatic rings. The largest absolute Gasteiger partial charge is 0.371 e. The summed E-state index contributed by atoms with van der Waals surface area (Å²) in [4.78, 5) is 4.64. The maximum absolute atomic E-state index is 6.06. The molecule has 6 heteroatoms. The fraction of sp³-hybridized carbons (Fsp3) is 0.188. The van der Waals surface area contributed by atoms with E-state index in [0.29, 0.717) is 13.2 Å². The standard InChI is InChI=1S/C16H13Br2ClN2O/c17-11-4-5-14(13(18)7-11)20-16-9-22-8-15(21-16)10-2-1-3-12(19)6-10/h1-7,15H,8-9H2,(H,20,21). The molecular weight excluding hydrogens is 431 g/mol. The summed E-state index contributed by atoms with van der Waals surface area (Å²) in [6, 6.07) is 13.7. The van der Waals surface area contributed by atoms with Gasteiger partial charge in [-0.15, -0.1) is 0 Å². The molecule has 1 heterocycles. The maximum atomic E-state index is 6.06. The van der Waals surface area contributed by atoms with E-state index in [2.05, 4.69) is 42.2 Å². The van der Waals surface area contributed by atoms with Crippen LogP contribution in [-0.2, 0) is 4.74 Å². The molecule has 1 saturated heterocycles. The Balaban J connectivity index is 1.82. The Hall–Kier alpha value is -0.880. The van der Waals surface area contributed by atoms with Crippen LogP contribution in [0.2, 0.25) is 5.02 Å². The number of benzene rings is 2. The average molecular weight is 445 g/mol. The molecule has 0 aromatic heterocycles. The Morgan fingerprint density at radius 3 is 2.82 bits per heavy atom. The first-order valence-electron chi connectivity index (χ1n) is 6.74. The van der Waals surface area contributed by atoms with Gasteiger partial charge in [0.1, 0.15) is 12.4 Å². The van der Waals surface area contributed by atoms with E-state index in [1.54, 1.807) is 0 Å². The van der Waals surface area contributed by atoms with Crippen molar-refractivity contribution < 1.29 is 4.74 Å². The molecule has 1 N–H and O–H groups in total. The normalized spacial score (nSPS) is 20.0. The van der Waals surface area contributed by atoms with Crippen LogP contribution < -0.4 is 5.32 Å². The van der Waals surface area contributed by atoms with Crippen molar-refractivity contribution in [3.05, 3.63) is 62.0 Å². The summed E-state index contributed by atoms with van der Waals surface area (Å²) in [6.45, 7) is 1.07. The number of rotatable bonds is 2. The lowest BCUT2D eigenvalue weighted by molar-refractivity contribution is 0.128. The van der Waals surface area contributed by atoms with Gasteiger partial charge in [-0.05, 0) is 51.8 Å². The van der Waals surface area contributed by atoms with E-state index in [1.807, 2.05) is 42.5 Å². The Morgan fingerprint density at radius 2 is 2.05 bits per heavy atom. The molecule has 3 rings (SSSR count). The first-order chi connectivity index (χ1) is 10.6. The number of nitrogens with zero attached hydrogens (tertiary/aromatic N) is 1. The molecule has 1 aliphatic heterocycles. The minimum atomic E-state index is 0.0559. The molecule has 1 unspecified atom stereocenters. The molecule has 114 valence electrons. The molecule has 0 spiro atoms. The number of ether oxygens (including phenoxy) is 1. The van der Waals surface area contributed by atoms with Crippen LogP contribution in [0.4, 0.5) is 5.69 Å². The van der Waals surface area contributed by atoms with Crippen LogP contribution in [0.5, 0.6) is 0 Å². The molecule has 1 fully saturated rings. The molecule has 3 nitrogen and oxygen atoms in total.